The van der Waals surface area contributed by atoms with Gasteiger partial charge >= 0.3 is 0 Å². The summed E-state index contributed by atoms with van der Waals surface area (Å²) in [6.45, 7) is 1.91. The first-order chi connectivity index (χ1) is 9.47. The van der Waals surface area contributed by atoms with Crippen LogP contribution in [0.4, 0.5) is 5.69 Å². The zero-order chi connectivity index (χ0) is 14.7. The van der Waals surface area contributed by atoms with Crippen LogP contribution in [0.15, 0.2) is 46.9 Å². The molecule has 0 radical (unpaired) electrons. The molecule has 2 aromatic rings. The van der Waals surface area contributed by atoms with E-state index in [0.717, 1.165) is 5.56 Å². The fraction of sp³-hybridized carbons (Fsp3) is 0.133. The van der Waals surface area contributed by atoms with Gasteiger partial charge in [0.1, 0.15) is 0 Å². The first-order valence-corrected chi connectivity index (χ1v) is 7.26. The van der Waals surface area contributed by atoms with Crippen LogP contribution in [0.5, 0.6) is 0 Å². The Hall–Kier alpha value is -1.52. The molecule has 0 spiro atoms. The molecule has 0 aliphatic heterocycles. The van der Waals surface area contributed by atoms with Crippen molar-refractivity contribution in [3.05, 3.63) is 63.1 Å². The standard InChI is InChI=1S/C15H14BrClN2O/c1-9(10-3-2-4-12(18)7-10)19-15(20)13-6-5-11(17)8-14(13)16/h2-9H,18H2,1H3,(H,19,20). The Morgan fingerprint density at radius 2 is 2.05 bits per heavy atom. The molecule has 0 saturated heterocycles. The second-order valence-electron chi connectivity index (χ2n) is 4.49. The number of nitrogen functional groups attached to an aromatic ring is 1. The summed E-state index contributed by atoms with van der Waals surface area (Å²) in [6.07, 6.45) is 0. The van der Waals surface area contributed by atoms with E-state index in [-0.39, 0.29) is 11.9 Å². The number of nitrogens with one attached hydrogen (secondary N) is 1. The van der Waals surface area contributed by atoms with Gasteiger partial charge in [0.2, 0.25) is 0 Å². The number of carbonyl (C=O) groups is 1. The number of hydrogen-bond acceptors (Lipinski definition) is 2. The molecule has 0 heterocycles. The third-order valence-electron chi connectivity index (χ3n) is 2.93. The third kappa shape index (κ3) is 3.52. The number of benzene rings is 2. The Bertz CT molecular complexity index is 646. The van der Waals surface area contributed by atoms with Gasteiger partial charge in [0.25, 0.3) is 5.91 Å². The summed E-state index contributed by atoms with van der Waals surface area (Å²) in [6, 6.07) is 12.4. The van der Waals surface area contributed by atoms with E-state index in [0.29, 0.717) is 20.7 Å². The second-order valence-corrected chi connectivity index (χ2v) is 5.78. The lowest BCUT2D eigenvalue weighted by atomic mass is 10.1. The van der Waals surface area contributed by atoms with Gasteiger partial charge in [-0.05, 0) is 58.7 Å². The summed E-state index contributed by atoms with van der Waals surface area (Å²) < 4.78 is 0.669. The molecule has 1 atom stereocenters. The van der Waals surface area contributed by atoms with Crippen LogP contribution in [0.2, 0.25) is 5.02 Å². The molecule has 104 valence electrons. The highest BCUT2D eigenvalue weighted by Gasteiger charge is 2.14. The molecule has 1 unspecified atom stereocenters. The van der Waals surface area contributed by atoms with Gasteiger partial charge in [-0.2, -0.15) is 0 Å². The molecule has 2 rings (SSSR count). The molecule has 20 heavy (non-hydrogen) atoms. The van der Waals surface area contributed by atoms with Gasteiger partial charge in [0.05, 0.1) is 11.6 Å². The zero-order valence-electron chi connectivity index (χ0n) is 10.9. The van der Waals surface area contributed by atoms with Crippen LogP contribution in [0.3, 0.4) is 0 Å². The number of amides is 1. The first kappa shape index (κ1) is 14.9. The van der Waals surface area contributed by atoms with Crippen LogP contribution >= 0.6 is 27.5 Å². The van der Waals surface area contributed by atoms with E-state index in [1.54, 1.807) is 18.2 Å². The highest BCUT2D eigenvalue weighted by molar-refractivity contribution is 9.10. The number of carbonyl (C=O) groups excluding carboxylic acids is 1. The number of anilines is 1. The Morgan fingerprint density at radius 3 is 2.70 bits per heavy atom. The highest BCUT2D eigenvalue weighted by atomic mass is 79.9. The topological polar surface area (TPSA) is 55.1 Å². The third-order valence-corrected chi connectivity index (χ3v) is 3.83. The predicted molar refractivity (Wildman–Crippen MR) is 85.9 cm³/mol. The minimum Gasteiger partial charge on any atom is -0.399 e. The molecule has 0 aliphatic rings. The number of nitrogens with two attached hydrogens (primary N) is 1. The smallest absolute Gasteiger partial charge is 0.252 e. The molecule has 1 amide bonds. The van der Waals surface area contributed by atoms with Gasteiger partial charge < -0.3 is 11.1 Å². The monoisotopic (exact) mass is 352 g/mol. The summed E-state index contributed by atoms with van der Waals surface area (Å²) in [5.74, 6) is -0.163. The van der Waals surface area contributed by atoms with Crippen LogP contribution in [0.1, 0.15) is 28.9 Å². The largest absolute Gasteiger partial charge is 0.399 e. The van der Waals surface area contributed by atoms with Crippen LogP contribution in [-0.2, 0) is 0 Å². The van der Waals surface area contributed by atoms with Gasteiger partial charge in [-0.1, -0.05) is 23.7 Å². The van der Waals surface area contributed by atoms with Crippen LogP contribution in [0.25, 0.3) is 0 Å². The van der Waals surface area contributed by atoms with Gasteiger partial charge in [-0.15, -0.1) is 0 Å². The summed E-state index contributed by atoms with van der Waals surface area (Å²) in [7, 11) is 0. The first-order valence-electron chi connectivity index (χ1n) is 6.08. The fourth-order valence-corrected chi connectivity index (χ4v) is 2.72. The minimum atomic E-state index is -0.163. The van der Waals surface area contributed by atoms with Crippen LogP contribution in [-0.4, -0.2) is 5.91 Å². The molecule has 0 saturated carbocycles. The van der Waals surface area contributed by atoms with Crippen LogP contribution in [0, 0.1) is 0 Å². The SMILES string of the molecule is CC(NC(=O)c1ccc(Cl)cc1Br)c1cccc(N)c1. The van der Waals surface area contributed by atoms with Crippen molar-refractivity contribution in [1.29, 1.82) is 0 Å². The van der Waals surface area contributed by atoms with Crippen molar-refractivity contribution in [2.75, 3.05) is 5.73 Å². The summed E-state index contributed by atoms with van der Waals surface area (Å²) in [4.78, 5) is 12.2. The summed E-state index contributed by atoms with van der Waals surface area (Å²) >= 11 is 9.21. The molecular weight excluding hydrogens is 340 g/mol. The van der Waals surface area contributed by atoms with E-state index in [1.807, 2.05) is 31.2 Å². The van der Waals surface area contributed by atoms with E-state index in [2.05, 4.69) is 21.2 Å². The second kappa shape index (κ2) is 6.29. The van der Waals surface area contributed by atoms with Crippen molar-refractivity contribution in [1.82, 2.24) is 5.32 Å². The predicted octanol–water partition coefficient (Wildman–Crippen LogP) is 4.18. The Balaban J connectivity index is 2.15. The van der Waals surface area contributed by atoms with Crippen molar-refractivity contribution in [2.24, 2.45) is 0 Å². The van der Waals surface area contributed by atoms with Crippen molar-refractivity contribution in [3.63, 3.8) is 0 Å². The normalized spacial score (nSPS) is 11.9. The van der Waals surface area contributed by atoms with Gasteiger partial charge in [0, 0.05) is 15.2 Å². The van der Waals surface area contributed by atoms with Crippen LogP contribution < -0.4 is 11.1 Å². The molecule has 3 N–H and O–H groups in total. The zero-order valence-corrected chi connectivity index (χ0v) is 13.2. The maximum atomic E-state index is 12.2. The lowest BCUT2D eigenvalue weighted by Crippen LogP contribution is -2.27. The molecule has 0 fully saturated rings. The Morgan fingerprint density at radius 1 is 1.30 bits per heavy atom. The molecule has 3 nitrogen and oxygen atoms in total. The Kier molecular flexibility index (Phi) is 4.68. The molecule has 0 aliphatic carbocycles. The van der Waals surface area contributed by atoms with Crippen molar-refractivity contribution >= 4 is 39.1 Å². The van der Waals surface area contributed by atoms with E-state index in [9.17, 15) is 4.79 Å². The van der Waals surface area contributed by atoms with E-state index in [4.69, 9.17) is 17.3 Å². The molecular formula is C15H14BrClN2O. The maximum absolute atomic E-state index is 12.2. The number of halogens is 2. The van der Waals surface area contributed by atoms with Crippen molar-refractivity contribution < 1.29 is 4.79 Å². The molecule has 5 heteroatoms. The lowest BCUT2D eigenvalue weighted by Gasteiger charge is -2.15. The summed E-state index contributed by atoms with van der Waals surface area (Å²) in [5, 5.41) is 3.51. The lowest BCUT2D eigenvalue weighted by molar-refractivity contribution is 0.0939. The van der Waals surface area contributed by atoms with Gasteiger partial charge in [-0.3, -0.25) is 4.79 Å². The highest BCUT2D eigenvalue weighted by Crippen LogP contribution is 2.23. The number of rotatable bonds is 3. The average Bonchev–Trinajstić information content (AvgIpc) is 2.38. The molecule has 0 bridgehead atoms. The maximum Gasteiger partial charge on any atom is 0.252 e. The molecule has 2 aromatic carbocycles. The molecule has 0 aromatic heterocycles. The van der Waals surface area contributed by atoms with E-state index >= 15 is 0 Å². The fourth-order valence-electron chi connectivity index (χ4n) is 1.86. The quantitative estimate of drug-likeness (QED) is 0.813. The van der Waals surface area contributed by atoms with Crippen molar-refractivity contribution in [3.8, 4) is 0 Å². The van der Waals surface area contributed by atoms with Gasteiger partial charge in [-0.25, -0.2) is 0 Å². The number of hydrogen-bond donors (Lipinski definition) is 2. The van der Waals surface area contributed by atoms with E-state index in [1.165, 1.54) is 0 Å². The van der Waals surface area contributed by atoms with Gasteiger partial charge in [0.15, 0.2) is 0 Å². The van der Waals surface area contributed by atoms with E-state index < -0.39 is 0 Å². The average molecular weight is 354 g/mol. The van der Waals surface area contributed by atoms with Crippen molar-refractivity contribution in [2.45, 2.75) is 13.0 Å². The summed E-state index contributed by atoms with van der Waals surface area (Å²) in [5.41, 5.74) is 7.93. The Labute approximate surface area is 131 Å². The minimum absolute atomic E-state index is 0.131.